The SMILES string of the molecule is CC(C)(C)OC(=O)NCCOCCOCCOC(=O)O. The first kappa shape index (κ1) is 18.5. The molecule has 118 valence electrons. The molecule has 8 nitrogen and oxygen atoms in total. The minimum absolute atomic E-state index is 0.00443. The third-order valence-corrected chi connectivity index (χ3v) is 1.74. The van der Waals surface area contributed by atoms with E-state index in [0.717, 1.165) is 0 Å². The van der Waals surface area contributed by atoms with Crippen molar-refractivity contribution in [2.75, 3.05) is 39.6 Å². The van der Waals surface area contributed by atoms with Crippen LogP contribution in [0.3, 0.4) is 0 Å². The first-order valence-corrected chi connectivity index (χ1v) is 6.29. The lowest BCUT2D eigenvalue weighted by Crippen LogP contribution is -2.34. The average molecular weight is 293 g/mol. The van der Waals surface area contributed by atoms with Gasteiger partial charge in [0.25, 0.3) is 0 Å². The van der Waals surface area contributed by atoms with Crippen LogP contribution in [-0.2, 0) is 18.9 Å². The molecule has 0 saturated heterocycles. The van der Waals surface area contributed by atoms with Crippen molar-refractivity contribution in [3.63, 3.8) is 0 Å². The maximum Gasteiger partial charge on any atom is 0.505 e. The Kier molecular flexibility index (Phi) is 9.48. The second-order valence-electron chi connectivity index (χ2n) is 4.77. The zero-order chi connectivity index (χ0) is 15.4. The molecule has 0 heterocycles. The van der Waals surface area contributed by atoms with Crippen LogP contribution < -0.4 is 5.32 Å². The number of carbonyl (C=O) groups is 2. The van der Waals surface area contributed by atoms with Crippen LogP contribution in [0.15, 0.2) is 0 Å². The highest BCUT2D eigenvalue weighted by atomic mass is 16.7. The average Bonchev–Trinajstić information content (AvgIpc) is 2.28. The van der Waals surface area contributed by atoms with E-state index in [0.29, 0.717) is 26.4 Å². The lowest BCUT2D eigenvalue weighted by molar-refractivity contribution is 0.0179. The summed E-state index contributed by atoms with van der Waals surface area (Å²) in [5.74, 6) is 0. The van der Waals surface area contributed by atoms with Gasteiger partial charge < -0.3 is 29.4 Å². The smallest absolute Gasteiger partial charge is 0.450 e. The van der Waals surface area contributed by atoms with Crippen molar-refractivity contribution in [1.82, 2.24) is 5.32 Å². The predicted molar refractivity (Wildman–Crippen MR) is 69.9 cm³/mol. The Morgan fingerprint density at radius 3 is 2.10 bits per heavy atom. The van der Waals surface area contributed by atoms with Crippen LogP contribution in [0, 0.1) is 0 Å². The van der Waals surface area contributed by atoms with Crippen LogP contribution in [0.5, 0.6) is 0 Å². The summed E-state index contributed by atoms with van der Waals surface area (Å²) in [5, 5.41) is 10.7. The summed E-state index contributed by atoms with van der Waals surface area (Å²) < 4.78 is 19.5. The van der Waals surface area contributed by atoms with Crippen molar-refractivity contribution in [3.05, 3.63) is 0 Å². The molecule has 1 amide bonds. The fourth-order valence-corrected chi connectivity index (χ4v) is 1.05. The number of amides is 1. The van der Waals surface area contributed by atoms with Crippen LogP contribution in [0.2, 0.25) is 0 Å². The van der Waals surface area contributed by atoms with Crippen molar-refractivity contribution in [2.24, 2.45) is 0 Å². The normalized spacial score (nSPS) is 10.9. The quantitative estimate of drug-likeness (QED) is 0.487. The van der Waals surface area contributed by atoms with Gasteiger partial charge in [-0.05, 0) is 20.8 Å². The largest absolute Gasteiger partial charge is 0.505 e. The fourth-order valence-electron chi connectivity index (χ4n) is 1.05. The molecule has 0 bridgehead atoms. The summed E-state index contributed by atoms with van der Waals surface area (Å²) in [5.41, 5.74) is -0.517. The predicted octanol–water partition coefficient (Wildman–Crippen LogP) is 1.24. The molecule has 0 aliphatic heterocycles. The molecule has 8 heteroatoms. The van der Waals surface area contributed by atoms with Crippen LogP contribution >= 0.6 is 0 Å². The molecule has 0 rings (SSSR count). The van der Waals surface area contributed by atoms with Crippen molar-refractivity contribution in [2.45, 2.75) is 26.4 Å². The second-order valence-corrected chi connectivity index (χ2v) is 4.77. The Morgan fingerprint density at radius 2 is 1.55 bits per heavy atom. The van der Waals surface area contributed by atoms with E-state index in [2.05, 4.69) is 10.1 Å². The highest BCUT2D eigenvalue weighted by molar-refractivity contribution is 5.67. The van der Waals surface area contributed by atoms with Gasteiger partial charge in [0.1, 0.15) is 12.2 Å². The summed E-state index contributed by atoms with van der Waals surface area (Å²) in [6.45, 7) is 6.91. The molecule has 0 unspecified atom stereocenters. The molecule has 0 atom stereocenters. The number of carboxylic acid groups (broad SMARTS) is 1. The van der Waals surface area contributed by atoms with Gasteiger partial charge in [-0.1, -0.05) is 0 Å². The van der Waals surface area contributed by atoms with Gasteiger partial charge in [0.05, 0.1) is 26.4 Å². The van der Waals surface area contributed by atoms with Gasteiger partial charge in [-0.25, -0.2) is 9.59 Å². The van der Waals surface area contributed by atoms with E-state index in [1.165, 1.54) is 0 Å². The van der Waals surface area contributed by atoms with Crippen molar-refractivity contribution in [1.29, 1.82) is 0 Å². The van der Waals surface area contributed by atoms with Crippen LogP contribution in [0.25, 0.3) is 0 Å². The van der Waals surface area contributed by atoms with E-state index in [-0.39, 0.29) is 13.2 Å². The van der Waals surface area contributed by atoms with Gasteiger partial charge in [-0.2, -0.15) is 0 Å². The molecule has 0 aromatic rings. The molecular weight excluding hydrogens is 270 g/mol. The van der Waals surface area contributed by atoms with Crippen LogP contribution in [0.1, 0.15) is 20.8 Å². The Hall–Kier alpha value is -1.54. The maximum absolute atomic E-state index is 11.2. The second kappa shape index (κ2) is 10.3. The molecule has 0 aliphatic rings. The molecule has 2 N–H and O–H groups in total. The molecule has 0 aliphatic carbocycles. The van der Waals surface area contributed by atoms with Gasteiger partial charge >= 0.3 is 12.2 Å². The molecule has 0 saturated carbocycles. The number of carbonyl (C=O) groups excluding carboxylic acids is 1. The Labute approximate surface area is 118 Å². The molecular formula is C12H23NO7. The van der Waals surface area contributed by atoms with E-state index in [9.17, 15) is 9.59 Å². The molecule has 0 aromatic carbocycles. The van der Waals surface area contributed by atoms with Crippen LogP contribution in [-0.4, -0.2) is 62.5 Å². The summed E-state index contributed by atoms with van der Waals surface area (Å²) in [6.07, 6.45) is -1.80. The van der Waals surface area contributed by atoms with Gasteiger partial charge in [-0.15, -0.1) is 0 Å². The molecule has 0 spiro atoms. The van der Waals surface area contributed by atoms with E-state index in [1.54, 1.807) is 20.8 Å². The number of hydrogen-bond acceptors (Lipinski definition) is 6. The lowest BCUT2D eigenvalue weighted by atomic mass is 10.2. The lowest BCUT2D eigenvalue weighted by Gasteiger charge is -2.19. The van der Waals surface area contributed by atoms with Gasteiger partial charge in [0.15, 0.2) is 0 Å². The fraction of sp³-hybridized carbons (Fsp3) is 0.833. The Balaban J connectivity index is 3.25. The Bertz CT molecular complexity index is 288. The monoisotopic (exact) mass is 293 g/mol. The third-order valence-electron chi connectivity index (χ3n) is 1.74. The van der Waals surface area contributed by atoms with E-state index < -0.39 is 17.8 Å². The Morgan fingerprint density at radius 1 is 1.00 bits per heavy atom. The number of nitrogens with one attached hydrogen (secondary N) is 1. The van der Waals surface area contributed by atoms with Crippen LogP contribution in [0.4, 0.5) is 9.59 Å². The molecule has 0 fully saturated rings. The standard InChI is InChI=1S/C12H23NO7/c1-12(2,3)20-10(14)13-4-5-17-6-7-18-8-9-19-11(15)16/h4-9H2,1-3H3,(H,13,14)(H,15,16). The van der Waals surface area contributed by atoms with Crippen molar-refractivity contribution in [3.8, 4) is 0 Å². The topological polar surface area (TPSA) is 103 Å². The first-order chi connectivity index (χ1) is 9.31. The van der Waals surface area contributed by atoms with Gasteiger partial charge in [0, 0.05) is 6.54 Å². The molecule has 0 aromatic heterocycles. The summed E-state index contributed by atoms with van der Waals surface area (Å²) in [4.78, 5) is 21.2. The summed E-state index contributed by atoms with van der Waals surface area (Å²) in [6, 6.07) is 0. The molecule has 0 radical (unpaired) electrons. The van der Waals surface area contributed by atoms with E-state index in [1.807, 2.05) is 0 Å². The highest BCUT2D eigenvalue weighted by Crippen LogP contribution is 2.05. The van der Waals surface area contributed by atoms with E-state index in [4.69, 9.17) is 19.3 Å². The minimum Gasteiger partial charge on any atom is -0.450 e. The van der Waals surface area contributed by atoms with Gasteiger partial charge in [-0.3, -0.25) is 0 Å². The van der Waals surface area contributed by atoms with Gasteiger partial charge in [0.2, 0.25) is 0 Å². The number of alkyl carbamates (subject to hydrolysis) is 1. The van der Waals surface area contributed by atoms with Crippen molar-refractivity contribution < 1.29 is 33.6 Å². The summed E-state index contributed by atoms with van der Waals surface area (Å²) >= 11 is 0. The van der Waals surface area contributed by atoms with E-state index >= 15 is 0 Å². The highest BCUT2D eigenvalue weighted by Gasteiger charge is 2.15. The number of hydrogen-bond donors (Lipinski definition) is 2. The minimum atomic E-state index is -1.32. The number of rotatable bonds is 9. The number of ether oxygens (including phenoxy) is 4. The third kappa shape index (κ3) is 14.5. The first-order valence-electron chi connectivity index (χ1n) is 6.29. The maximum atomic E-state index is 11.2. The summed E-state index contributed by atoms with van der Waals surface area (Å²) in [7, 11) is 0. The molecule has 20 heavy (non-hydrogen) atoms. The van der Waals surface area contributed by atoms with Crippen molar-refractivity contribution >= 4 is 12.2 Å². The zero-order valence-electron chi connectivity index (χ0n) is 12.1. The zero-order valence-corrected chi connectivity index (χ0v) is 12.1.